The smallest absolute Gasteiger partial charge is 0.244 e. The predicted molar refractivity (Wildman–Crippen MR) is 69.0 cm³/mol. The van der Waals surface area contributed by atoms with Gasteiger partial charge in [0.15, 0.2) is 5.84 Å². The monoisotopic (exact) mass is 252 g/mol. The Kier molecular flexibility index (Phi) is 4.88. The third kappa shape index (κ3) is 3.32. The summed E-state index contributed by atoms with van der Waals surface area (Å²) >= 11 is 0. The molecular weight excluding hydrogens is 232 g/mol. The Morgan fingerprint density at radius 3 is 2.61 bits per heavy atom. The first-order chi connectivity index (χ1) is 8.47. The number of rotatable bonds is 5. The van der Waals surface area contributed by atoms with Crippen LogP contribution in [-0.2, 0) is 0 Å². The maximum atomic E-state index is 8.80. The highest BCUT2D eigenvalue weighted by Crippen LogP contribution is 2.20. The van der Waals surface area contributed by atoms with Crippen molar-refractivity contribution >= 4 is 5.84 Å². The van der Waals surface area contributed by atoms with Crippen molar-refractivity contribution in [3.05, 3.63) is 16.8 Å². The fraction of sp³-hybridized carbons (Fsp3) is 0.583. The van der Waals surface area contributed by atoms with Crippen molar-refractivity contribution in [3.8, 4) is 5.88 Å². The van der Waals surface area contributed by atoms with Gasteiger partial charge in [0.25, 0.3) is 0 Å². The molecule has 0 aliphatic heterocycles. The number of aromatic nitrogens is 2. The second kappa shape index (κ2) is 6.18. The molecule has 0 radical (unpaired) electrons. The van der Waals surface area contributed by atoms with Crippen LogP contribution in [0.1, 0.15) is 37.1 Å². The van der Waals surface area contributed by atoms with Crippen molar-refractivity contribution in [3.63, 3.8) is 0 Å². The molecule has 0 saturated heterocycles. The van der Waals surface area contributed by atoms with Crippen LogP contribution in [0.25, 0.3) is 0 Å². The molecule has 0 bridgehead atoms. The van der Waals surface area contributed by atoms with Crippen molar-refractivity contribution in [2.24, 2.45) is 16.8 Å². The van der Waals surface area contributed by atoms with E-state index in [-0.39, 0.29) is 5.84 Å². The highest BCUT2D eigenvalue weighted by atomic mass is 16.5. The van der Waals surface area contributed by atoms with Crippen molar-refractivity contribution in [2.45, 2.75) is 34.1 Å². The first-order valence-corrected chi connectivity index (χ1v) is 5.92. The fourth-order valence-corrected chi connectivity index (χ4v) is 1.43. The molecule has 0 aromatic carbocycles. The third-order valence-corrected chi connectivity index (χ3v) is 2.72. The van der Waals surface area contributed by atoms with E-state index >= 15 is 0 Å². The van der Waals surface area contributed by atoms with Crippen molar-refractivity contribution in [1.29, 1.82) is 0 Å². The first-order valence-electron chi connectivity index (χ1n) is 5.92. The molecule has 0 unspecified atom stereocenters. The van der Waals surface area contributed by atoms with Gasteiger partial charge in [-0.25, -0.2) is 0 Å². The quantitative estimate of drug-likeness (QED) is 0.359. The van der Waals surface area contributed by atoms with E-state index in [2.05, 4.69) is 29.2 Å². The van der Waals surface area contributed by atoms with Crippen molar-refractivity contribution < 1.29 is 9.94 Å². The Balaban J connectivity index is 3.00. The molecule has 1 aromatic heterocycles. The standard InChI is InChI=1S/C12H20N4O2/c1-7(2)5-6-18-12-10(11(13)16-17)8(3)9(4)14-15-12/h7,17H,5-6H2,1-4H3,(H2,13,16). The van der Waals surface area contributed by atoms with E-state index in [1.54, 1.807) is 0 Å². The van der Waals surface area contributed by atoms with Gasteiger partial charge in [-0.15, -0.1) is 5.10 Å². The molecule has 0 aliphatic carbocycles. The number of aryl methyl sites for hydroxylation is 1. The van der Waals surface area contributed by atoms with Gasteiger partial charge in [0, 0.05) is 0 Å². The van der Waals surface area contributed by atoms with Crippen LogP contribution < -0.4 is 10.5 Å². The number of amidine groups is 1. The summed E-state index contributed by atoms with van der Waals surface area (Å²) < 4.78 is 5.56. The van der Waals surface area contributed by atoms with Crippen LogP contribution in [-0.4, -0.2) is 27.8 Å². The number of hydrogen-bond acceptors (Lipinski definition) is 5. The molecule has 0 saturated carbocycles. The summed E-state index contributed by atoms with van der Waals surface area (Å²) in [5.74, 6) is 0.843. The van der Waals surface area contributed by atoms with Gasteiger partial charge in [-0.1, -0.05) is 19.0 Å². The number of nitrogens with two attached hydrogens (primary N) is 1. The molecule has 100 valence electrons. The van der Waals surface area contributed by atoms with Crippen LogP contribution in [0, 0.1) is 19.8 Å². The molecule has 0 spiro atoms. The largest absolute Gasteiger partial charge is 0.476 e. The van der Waals surface area contributed by atoms with Gasteiger partial charge >= 0.3 is 0 Å². The molecule has 0 fully saturated rings. The summed E-state index contributed by atoms with van der Waals surface area (Å²) in [4.78, 5) is 0. The van der Waals surface area contributed by atoms with Crippen LogP contribution >= 0.6 is 0 Å². The topological polar surface area (TPSA) is 93.6 Å². The van der Waals surface area contributed by atoms with E-state index in [1.165, 1.54) is 0 Å². The molecule has 6 heteroatoms. The van der Waals surface area contributed by atoms with E-state index in [4.69, 9.17) is 15.7 Å². The summed E-state index contributed by atoms with van der Waals surface area (Å²) in [6.07, 6.45) is 0.907. The Bertz CT molecular complexity index is 444. The molecule has 18 heavy (non-hydrogen) atoms. The SMILES string of the molecule is Cc1nnc(OCCC(C)C)c(/C(N)=N/O)c1C. The minimum atomic E-state index is -0.00922. The fourth-order valence-electron chi connectivity index (χ4n) is 1.43. The van der Waals surface area contributed by atoms with Crippen molar-refractivity contribution in [1.82, 2.24) is 10.2 Å². The molecule has 3 N–H and O–H groups in total. The van der Waals surface area contributed by atoms with Gasteiger partial charge in [-0.2, -0.15) is 5.10 Å². The van der Waals surface area contributed by atoms with Gasteiger partial charge < -0.3 is 15.7 Å². The van der Waals surface area contributed by atoms with Crippen LogP contribution in [0.15, 0.2) is 5.16 Å². The maximum absolute atomic E-state index is 8.80. The molecular formula is C12H20N4O2. The molecule has 1 rings (SSSR count). The zero-order valence-corrected chi connectivity index (χ0v) is 11.3. The summed E-state index contributed by atoms with van der Waals surface area (Å²) in [5.41, 5.74) is 7.69. The van der Waals surface area contributed by atoms with Crippen LogP contribution in [0.4, 0.5) is 0 Å². The minimum Gasteiger partial charge on any atom is -0.476 e. The van der Waals surface area contributed by atoms with Gasteiger partial charge in [0.2, 0.25) is 5.88 Å². The zero-order valence-electron chi connectivity index (χ0n) is 11.3. The van der Waals surface area contributed by atoms with Crippen LogP contribution in [0.5, 0.6) is 5.88 Å². The van der Waals surface area contributed by atoms with E-state index in [0.717, 1.165) is 17.7 Å². The zero-order chi connectivity index (χ0) is 13.7. The lowest BCUT2D eigenvalue weighted by Crippen LogP contribution is -2.19. The van der Waals surface area contributed by atoms with Gasteiger partial charge in [-0.05, 0) is 31.7 Å². The van der Waals surface area contributed by atoms with Crippen molar-refractivity contribution in [2.75, 3.05) is 6.61 Å². The van der Waals surface area contributed by atoms with E-state index in [9.17, 15) is 0 Å². The molecule has 1 heterocycles. The average molecular weight is 252 g/mol. The number of oxime groups is 1. The number of ether oxygens (including phenoxy) is 1. The predicted octanol–water partition coefficient (Wildman–Crippen LogP) is 1.61. The second-order valence-corrected chi connectivity index (χ2v) is 4.61. The first kappa shape index (κ1) is 14.2. The lowest BCUT2D eigenvalue weighted by atomic mass is 10.1. The maximum Gasteiger partial charge on any atom is 0.244 e. The lowest BCUT2D eigenvalue weighted by Gasteiger charge is -2.13. The second-order valence-electron chi connectivity index (χ2n) is 4.61. The Labute approximate surface area is 107 Å². The van der Waals surface area contributed by atoms with E-state index < -0.39 is 0 Å². The third-order valence-electron chi connectivity index (χ3n) is 2.72. The molecule has 0 aliphatic rings. The van der Waals surface area contributed by atoms with Gasteiger partial charge in [-0.3, -0.25) is 0 Å². The Morgan fingerprint density at radius 2 is 2.06 bits per heavy atom. The van der Waals surface area contributed by atoms with E-state index in [0.29, 0.717) is 24.0 Å². The molecule has 0 atom stereocenters. The number of nitrogens with zero attached hydrogens (tertiary/aromatic N) is 3. The van der Waals surface area contributed by atoms with E-state index in [1.807, 2.05) is 13.8 Å². The minimum absolute atomic E-state index is 0.00922. The highest BCUT2D eigenvalue weighted by Gasteiger charge is 2.16. The lowest BCUT2D eigenvalue weighted by molar-refractivity contribution is 0.274. The summed E-state index contributed by atoms with van der Waals surface area (Å²) in [5, 5.41) is 19.8. The Morgan fingerprint density at radius 1 is 1.39 bits per heavy atom. The molecule has 6 nitrogen and oxygen atoms in total. The normalized spacial score (nSPS) is 11.9. The molecule has 0 amide bonds. The average Bonchev–Trinajstić information content (AvgIpc) is 2.32. The number of hydrogen-bond donors (Lipinski definition) is 2. The Hall–Kier alpha value is -1.85. The van der Waals surface area contributed by atoms with Gasteiger partial charge in [0.1, 0.15) is 0 Å². The summed E-state index contributed by atoms with van der Waals surface area (Å²) in [7, 11) is 0. The summed E-state index contributed by atoms with van der Waals surface area (Å²) in [6, 6.07) is 0. The van der Waals surface area contributed by atoms with Crippen LogP contribution in [0.2, 0.25) is 0 Å². The van der Waals surface area contributed by atoms with Crippen LogP contribution in [0.3, 0.4) is 0 Å². The van der Waals surface area contributed by atoms with Gasteiger partial charge in [0.05, 0.1) is 17.9 Å². The summed E-state index contributed by atoms with van der Waals surface area (Å²) in [6.45, 7) is 8.40. The molecule has 1 aromatic rings. The highest BCUT2D eigenvalue weighted by molar-refractivity contribution is 6.00.